The van der Waals surface area contributed by atoms with Crippen LogP contribution in [0.25, 0.3) is 0 Å². The lowest BCUT2D eigenvalue weighted by Gasteiger charge is -2.36. The zero-order chi connectivity index (χ0) is 45.8. The molecular formula is C55H45N5O6S. The zero-order valence-corrected chi connectivity index (χ0v) is 36.9. The molecule has 67 heavy (non-hydrogen) atoms. The third-order valence-electron chi connectivity index (χ3n) is 11.4. The first-order chi connectivity index (χ1) is 33.0. The number of hydrogen-bond donors (Lipinski definition) is 2. The number of nitrogens with zero attached hydrogens (tertiary/aromatic N) is 4. The molecule has 11 nitrogen and oxygen atoms in total. The number of carboxylic acids is 1. The number of hydrogen-bond acceptors (Lipinski definition) is 11. The fourth-order valence-corrected chi connectivity index (χ4v) is 8.75. The van der Waals surface area contributed by atoms with Crippen LogP contribution in [0.4, 0.5) is 5.13 Å². The van der Waals surface area contributed by atoms with Gasteiger partial charge in [0.2, 0.25) is 22.5 Å². The summed E-state index contributed by atoms with van der Waals surface area (Å²) in [5.41, 5.74) is 4.84. The highest BCUT2D eigenvalue weighted by molar-refractivity contribution is 7.09. The van der Waals surface area contributed by atoms with Gasteiger partial charge < -0.3 is 20.0 Å². The van der Waals surface area contributed by atoms with Gasteiger partial charge >= 0.3 is 5.97 Å². The number of oxime groups is 1. The minimum absolute atomic E-state index is 0.0906. The van der Waals surface area contributed by atoms with Crippen LogP contribution in [-0.2, 0) is 29.5 Å². The molecule has 12 heteroatoms. The molecular weight excluding hydrogens is 859 g/mol. The Labute approximate surface area is 392 Å². The molecule has 2 N–H and O–H groups in total. The molecule has 0 aliphatic carbocycles. The van der Waals surface area contributed by atoms with Crippen LogP contribution in [0.1, 0.15) is 63.4 Å². The zero-order valence-electron chi connectivity index (χ0n) is 36.1. The van der Waals surface area contributed by atoms with E-state index in [0.717, 1.165) is 50.5 Å². The highest BCUT2D eigenvalue weighted by atomic mass is 32.1. The van der Waals surface area contributed by atoms with Gasteiger partial charge in [0.25, 0.3) is 0 Å². The molecule has 1 atom stereocenters. The number of carbonyl (C=O) groups is 2. The minimum Gasteiger partial charge on any atom is -0.476 e. The van der Waals surface area contributed by atoms with Crippen molar-refractivity contribution >= 4 is 34.1 Å². The van der Waals surface area contributed by atoms with Crippen molar-refractivity contribution in [1.29, 1.82) is 0 Å². The topological polar surface area (TPSA) is 135 Å². The molecule has 0 saturated carbocycles. The molecule has 0 fully saturated rings. The smallest absolute Gasteiger partial charge is 0.362 e. The van der Waals surface area contributed by atoms with Crippen LogP contribution in [0.3, 0.4) is 0 Å². The third-order valence-corrected chi connectivity index (χ3v) is 12.0. The highest BCUT2D eigenvalue weighted by Crippen LogP contribution is 2.41. The first-order valence-electron chi connectivity index (χ1n) is 21.7. The highest BCUT2D eigenvalue weighted by Gasteiger charge is 2.38. The van der Waals surface area contributed by atoms with Crippen LogP contribution in [0, 0.1) is 0 Å². The van der Waals surface area contributed by atoms with E-state index < -0.39 is 35.5 Å². The molecule has 1 aliphatic rings. The number of aliphatic carboxylic acids is 1. The fourth-order valence-electron chi connectivity index (χ4n) is 8.12. The molecule has 8 aromatic rings. The lowest BCUT2D eigenvalue weighted by molar-refractivity contribution is -0.197. The van der Waals surface area contributed by atoms with Crippen molar-refractivity contribution in [3.63, 3.8) is 0 Å². The summed E-state index contributed by atoms with van der Waals surface area (Å²) in [6, 6.07) is 68.0. The predicted molar refractivity (Wildman–Crippen MR) is 258 cm³/mol. The van der Waals surface area contributed by atoms with Crippen molar-refractivity contribution in [1.82, 2.24) is 14.4 Å². The Hall–Kier alpha value is -8.19. The summed E-state index contributed by atoms with van der Waals surface area (Å²) in [5.74, 6) is -1.74. The number of nitrogens with one attached hydrogen (secondary N) is 1. The number of hydroxylamine groups is 2. The first kappa shape index (κ1) is 44.0. The molecule has 0 radical (unpaired) electrons. The number of anilines is 1. The van der Waals surface area contributed by atoms with Gasteiger partial charge in [-0.05, 0) is 38.9 Å². The quantitative estimate of drug-likeness (QED) is 0.0487. The van der Waals surface area contributed by atoms with Gasteiger partial charge in [0.1, 0.15) is 30.4 Å². The molecule has 2 heterocycles. The molecule has 0 spiro atoms. The summed E-state index contributed by atoms with van der Waals surface area (Å²) in [6.45, 7) is -0.238. The van der Waals surface area contributed by atoms with Gasteiger partial charge in [0, 0.05) is 18.0 Å². The average molecular weight is 904 g/mol. The number of Topliss-reactive ketones (excluding diaryl/α,β-unsaturated/α-hetero) is 1. The minimum atomic E-state index is -1.39. The standard InChI is InChI=1S/C55H45N5O6S/c61-47-36-46(38-64-58-49(53(62)63)52-56-54(67-59-52)57-55(43-30-16-5-17-31-43,44-32-18-6-19-33-44)45-34-20-7-21-35-45)60(66-51(41-26-12-3-13-27-41)42-28-14-4-15-29-42)37-48(47)65-50(39-22-8-1-9-23-39)40-24-10-2-11-25-40/h1-35,37,46,50-51H,36,38H2,(H,62,63)(H,56,57,59)/b58-49-. The van der Waals surface area contributed by atoms with Crippen LogP contribution in [0.2, 0.25) is 0 Å². The predicted octanol–water partition coefficient (Wildman–Crippen LogP) is 10.8. The Kier molecular flexibility index (Phi) is 13.6. The Morgan fingerprint density at radius 1 is 0.657 bits per heavy atom. The SMILES string of the molecule is O=C1CC(CO/N=C(\C(=O)O)c2nsc(NC(c3ccccc3)(c3ccccc3)c3ccccc3)n2)N(OC(c2ccccc2)c2ccccc2)C=C1OC(c1ccccc1)c1ccccc1. The Bertz CT molecular complexity index is 2750. The summed E-state index contributed by atoms with van der Waals surface area (Å²) in [5, 5.41) is 20.1. The van der Waals surface area contributed by atoms with E-state index in [-0.39, 0.29) is 30.4 Å². The lowest BCUT2D eigenvalue weighted by atomic mass is 9.77. The van der Waals surface area contributed by atoms with Crippen molar-refractivity contribution in [2.75, 3.05) is 11.9 Å². The lowest BCUT2D eigenvalue weighted by Crippen LogP contribution is -2.42. The van der Waals surface area contributed by atoms with E-state index in [1.165, 1.54) is 0 Å². The van der Waals surface area contributed by atoms with E-state index in [2.05, 4.69) is 19.8 Å². The van der Waals surface area contributed by atoms with Gasteiger partial charge in [-0.2, -0.15) is 9.36 Å². The van der Waals surface area contributed by atoms with Crippen molar-refractivity contribution in [2.24, 2.45) is 5.16 Å². The van der Waals surface area contributed by atoms with Crippen molar-refractivity contribution in [3.8, 4) is 0 Å². The van der Waals surface area contributed by atoms with Gasteiger partial charge in [-0.3, -0.25) is 9.63 Å². The molecule has 0 bridgehead atoms. The van der Waals surface area contributed by atoms with Gasteiger partial charge in [-0.1, -0.05) is 217 Å². The number of aromatic nitrogens is 2. The number of carbonyl (C=O) groups excluding carboxylic acids is 1. The largest absolute Gasteiger partial charge is 0.476 e. The van der Waals surface area contributed by atoms with Crippen LogP contribution in [0.15, 0.2) is 229 Å². The van der Waals surface area contributed by atoms with Crippen LogP contribution < -0.4 is 5.32 Å². The summed E-state index contributed by atoms with van der Waals surface area (Å²) in [4.78, 5) is 44.4. The van der Waals surface area contributed by atoms with Gasteiger partial charge in [-0.25, -0.2) is 9.86 Å². The van der Waals surface area contributed by atoms with Crippen molar-refractivity contribution < 1.29 is 29.1 Å². The molecule has 1 aromatic heterocycles. The monoisotopic (exact) mass is 903 g/mol. The Morgan fingerprint density at radius 3 is 1.51 bits per heavy atom. The molecule has 0 amide bonds. The van der Waals surface area contributed by atoms with Crippen LogP contribution >= 0.6 is 11.5 Å². The second kappa shape index (κ2) is 20.8. The van der Waals surface area contributed by atoms with Crippen LogP contribution in [0.5, 0.6) is 0 Å². The van der Waals surface area contributed by atoms with E-state index in [9.17, 15) is 14.7 Å². The number of carboxylic acid groups (broad SMARTS) is 1. The summed E-state index contributed by atoms with van der Waals surface area (Å²) >= 11 is 1.01. The second-order valence-electron chi connectivity index (χ2n) is 15.7. The Morgan fingerprint density at radius 2 is 1.07 bits per heavy atom. The molecule has 7 aromatic carbocycles. The molecule has 0 saturated heterocycles. The van der Waals surface area contributed by atoms with Crippen molar-refractivity contribution in [2.45, 2.75) is 30.2 Å². The first-order valence-corrected chi connectivity index (χ1v) is 22.5. The normalized spacial score (nSPS) is 14.1. The maximum atomic E-state index is 14.1. The maximum Gasteiger partial charge on any atom is 0.362 e. The van der Waals surface area contributed by atoms with E-state index in [4.69, 9.17) is 14.4 Å². The average Bonchev–Trinajstić information content (AvgIpc) is 3.85. The maximum absolute atomic E-state index is 14.1. The van der Waals surface area contributed by atoms with E-state index in [1.807, 2.05) is 212 Å². The summed E-state index contributed by atoms with van der Waals surface area (Å²) in [6.07, 6.45) is 0.252. The van der Waals surface area contributed by atoms with Gasteiger partial charge in [0.05, 0.1) is 6.20 Å². The fraction of sp³-hybridized carbons (Fsp3) is 0.109. The number of ether oxygens (including phenoxy) is 1. The number of rotatable bonds is 18. The van der Waals surface area contributed by atoms with E-state index >= 15 is 0 Å². The molecule has 9 rings (SSSR count). The molecule has 1 aliphatic heterocycles. The third kappa shape index (κ3) is 10.1. The number of allylic oxidation sites excluding steroid dienone is 1. The van der Waals surface area contributed by atoms with E-state index in [0.29, 0.717) is 5.13 Å². The summed E-state index contributed by atoms with van der Waals surface area (Å²) < 4.78 is 11.1. The second-order valence-corrected chi connectivity index (χ2v) is 16.4. The van der Waals surface area contributed by atoms with Crippen molar-refractivity contribution in [3.05, 3.63) is 269 Å². The molecule has 332 valence electrons. The Balaban J connectivity index is 1.03. The van der Waals surface area contributed by atoms with E-state index in [1.54, 1.807) is 11.3 Å². The van der Waals surface area contributed by atoms with Crippen LogP contribution in [-0.4, -0.2) is 49.6 Å². The number of ketones is 1. The van der Waals surface area contributed by atoms with Gasteiger partial charge in [-0.15, -0.1) is 0 Å². The number of benzene rings is 7. The molecule has 1 unspecified atom stereocenters. The summed E-state index contributed by atoms with van der Waals surface area (Å²) in [7, 11) is 0. The van der Waals surface area contributed by atoms with Gasteiger partial charge in [0.15, 0.2) is 5.76 Å².